The van der Waals surface area contributed by atoms with Crippen LogP contribution in [0.5, 0.6) is 0 Å². The maximum atomic E-state index is 12.7. The topological polar surface area (TPSA) is 71.1 Å². The molecule has 1 saturated heterocycles. The molecule has 0 atom stereocenters. The number of hydrogen-bond donors (Lipinski definition) is 1. The highest BCUT2D eigenvalue weighted by atomic mass is 16.5. The van der Waals surface area contributed by atoms with E-state index in [0.29, 0.717) is 6.42 Å². The van der Waals surface area contributed by atoms with Gasteiger partial charge in [-0.1, -0.05) is 6.92 Å². The van der Waals surface area contributed by atoms with Gasteiger partial charge in [-0.25, -0.2) is 4.98 Å². The lowest BCUT2D eigenvalue weighted by Gasteiger charge is -2.37. The molecule has 0 aliphatic carbocycles. The average molecular weight is 362 g/mol. The molecule has 1 N–H and O–H groups in total. The molecule has 138 valence electrons. The fraction of sp³-hybridized carbons (Fsp3) is 0.381. The number of fused-ring (bicyclic) bond motifs is 2. The molecule has 1 amide bonds. The third-order valence-corrected chi connectivity index (χ3v) is 5.83. The summed E-state index contributed by atoms with van der Waals surface area (Å²) in [6.45, 7) is 4.52. The van der Waals surface area contributed by atoms with Crippen molar-refractivity contribution in [2.75, 3.05) is 24.7 Å². The molecular formula is C21H22N4O2. The van der Waals surface area contributed by atoms with Crippen molar-refractivity contribution >= 4 is 22.6 Å². The first-order valence-electron chi connectivity index (χ1n) is 9.42. The lowest BCUT2D eigenvalue weighted by Crippen LogP contribution is -2.41. The van der Waals surface area contributed by atoms with Gasteiger partial charge >= 0.3 is 0 Å². The van der Waals surface area contributed by atoms with E-state index < -0.39 is 0 Å². The standard InChI is InChI=1S/C21H22N4O2/c1-21(3-6-27-7-4-21)13-25-18-9-16(11-23-17(18)10-19(25)26)15-8-14-2-5-22-20(14)24-12-15/h2,5,8-9,11-12H,3-4,6-7,10,13H2,1H3,(H,22,24). The summed E-state index contributed by atoms with van der Waals surface area (Å²) in [5.74, 6) is 0.140. The highest BCUT2D eigenvalue weighted by molar-refractivity contribution is 6.01. The van der Waals surface area contributed by atoms with Crippen molar-refractivity contribution in [1.82, 2.24) is 15.0 Å². The maximum Gasteiger partial charge on any atom is 0.233 e. The normalized spacial score (nSPS) is 18.9. The molecule has 0 saturated carbocycles. The van der Waals surface area contributed by atoms with Gasteiger partial charge in [0, 0.05) is 54.9 Å². The van der Waals surface area contributed by atoms with Crippen molar-refractivity contribution in [2.24, 2.45) is 5.41 Å². The van der Waals surface area contributed by atoms with E-state index in [1.165, 1.54) is 0 Å². The van der Waals surface area contributed by atoms with Crippen LogP contribution in [0.1, 0.15) is 25.5 Å². The Morgan fingerprint density at radius 1 is 1.19 bits per heavy atom. The Kier molecular flexibility index (Phi) is 3.75. The van der Waals surface area contributed by atoms with Crippen LogP contribution in [0.4, 0.5) is 5.69 Å². The molecule has 6 heteroatoms. The molecule has 0 spiro atoms. The Bertz CT molecular complexity index is 1020. The van der Waals surface area contributed by atoms with E-state index >= 15 is 0 Å². The Labute approximate surface area is 157 Å². The molecule has 5 heterocycles. The summed E-state index contributed by atoms with van der Waals surface area (Å²) in [4.78, 5) is 26.8. The van der Waals surface area contributed by atoms with Gasteiger partial charge in [-0.2, -0.15) is 0 Å². The van der Waals surface area contributed by atoms with Crippen LogP contribution in [0, 0.1) is 5.41 Å². The summed E-state index contributed by atoms with van der Waals surface area (Å²) in [5, 5.41) is 1.07. The van der Waals surface area contributed by atoms with Crippen molar-refractivity contribution in [3.63, 3.8) is 0 Å². The molecule has 2 aliphatic rings. The van der Waals surface area contributed by atoms with Gasteiger partial charge in [0.15, 0.2) is 0 Å². The van der Waals surface area contributed by atoms with Gasteiger partial charge in [0.05, 0.1) is 17.8 Å². The molecule has 6 nitrogen and oxygen atoms in total. The summed E-state index contributed by atoms with van der Waals surface area (Å²) >= 11 is 0. The molecule has 3 aromatic heterocycles. The quantitative estimate of drug-likeness (QED) is 0.776. The number of carbonyl (C=O) groups is 1. The number of amides is 1. The third kappa shape index (κ3) is 2.90. The smallest absolute Gasteiger partial charge is 0.233 e. The van der Waals surface area contributed by atoms with E-state index in [1.807, 2.05) is 29.6 Å². The highest BCUT2D eigenvalue weighted by Gasteiger charge is 2.36. The van der Waals surface area contributed by atoms with Gasteiger partial charge in [-0.05, 0) is 36.5 Å². The number of H-pyrrole nitrogens is 1. The maximum absolute atomic E-state index is 12.7. The van der Waals surface area contributed by atoms with Crippen molar-refractivity contribution in [3.8, 4) is 11.1 Å². The van der Waals surface area contributed by atoms with E-state index in [-0.39, 0.29) is 11.3 Å². The Morgan fingerprint density at radius 3 is 2.81 bits per heavy atom. The van der Waals surface area contributed by atoms with Crippen molar-refractivity contribution in [3.05, 3.63) is 42.5 Å². The zero-order valence-electron chi connectivity index (χ0n) is 15.4. The van der Waals surface area contributed by atoms with Crippen LogP contribution in [-0.4, -0.2) is 40.6 Å². The Morgan fingerprint density at radius 2 is 1.96 bits per heavy atom. The van der Waals surface area contributed by atoms with Crippen molar-refractivity contribution < 1.29 is 9.53 Å². The van der Waals surface area contributed by atoms with Gasteiger partial charge in [-0.15, -0.1) is 0 Å². The molecular weight excluding hydrogens is 340 g/mol. The molecule has 2 aliphatic heterocycles. The zero-order valence-corrected chi connectivity index (χ0v) is 15.4. The number of nitrogens with zero attached hydrogens (tertiary/aromatic N) is 3. The van der Waals surface area contributed by atoms with Crippen molar-refractivity contribution in [1.29, 1.82) is 0 Å². The van der Waals surface area contributed by atoms with Gasteiger partial charge < -0.3 is 14.6 Å². The molecule has 3 aromatic rings. The number of pyridine rings is 2. The number of rotatable bonds is 3. The zero-order chi connectivity index (χ0) is 18.4. The second-order valence-electron chi connectivity index (χ2n) is 7.91. The molecule has 0 radical (unpaired) electrons. The van der Waals surface area contributed by atoms with Crippen LogP contribution in [-0.2, 0) is 16.0 Å². The lowest BCUT2D eigenvalue weighted by molar-refractivity contribution is -0.118. The summed E-state index contributed by atoms with van der Waals surface area (Å²) in [6.07, 6.45) is 7.93. The SMILES string of the molecule is CC1(CN2C(=O)Cc3ncc(-c4cnc5[nH]ccc5c4)cc32)CCOCC1. The first-order chi connectivity index (χ1) is 13.1. The fourth-order valence-corrected chi connectivity index (χ4v) is 4.06. The number of aromatic amines is 1. The summed E-state index contributed by atoms with van der Waals surface area (Å²) in [5.41, 5.74) is 4.78. The number of carbonyl (C=O) groups excluding carboxylic acids is 1. The lowest BCUT2D eigenvalue weighted by atomic mass is 9.82. The number of nitrogens with one attached hydrogen (secondary N) is 1. The Hall–Kier alpha value is -2.73. The second-order valence-corrected chi connectivity index (χ2v) is 7.91. The fourth-order valence-electron chi connectivity index (χ4n) is 4.06. The van der Waals surface area contributed by atoms with Crippen LogP contribution >= 0.6 is 0 Å². The molecule has 5 rings (SSSR count). The summed E-state index contributed by atoms with van der Waals surface area (Å²) in [7, 11) is 0. The van der Waals surface area contributed by atoms with Gasteiger partial charge in [-0.3, -0.25) is 9.78 Å². The minimum atomic E-state index is 0.0944. The first-order valence-corrected chi connectivity index (χ1v) is 9.42. The molecule has 0 aromatic carbocycles. The number of anilines is 1. The molecule has 1 fully saturated rings. The monoisotopic (exact) mass is 362 g/mol. The van der Waals surface area contributed by atoms with Crippen LogP contribution < -0.4 is 4.90 Å². The Balaban J connectivity index is 1.49. The van der Waals surface area contributed by atoms with Crippen LogP contribution in [0.3, 0.4) is 0 Å². The number of ether oxygens (including phenoxy) is 1. The van der Waals surface area contributed by atoms with Crippen LogP contribution in [0.2, 0.25) is 0 Å². The molecule has 0 unspecified atom stereocenters. The number of hydrogen-bond acceptors (Lipinski definition) is 4. The van der Waals surface area contributed by atoms with Crippen LogP contribution in [0.25, 0.3) is 22.2 Å². The summed E-state index contributed by atoms with van der Waals surface area (Å²) < 4.78 is 5.51. The highest BCUT2D eigenvalue weighted by Crippen LogP contribution is 2.37. The first kappa shape index (κ1) is 16.4. The van der Waals surface area contributed by atoms with Crippen molar-refractivity contribution in [2.45, 2.75) is 26.2 Å². The van der Waals surface area contributed by atoms with Gasteiger partial charge in [0.25, 0.3) is 0 Å². The summed E-state index contributed by atoms with van der Waals surface area (Å²) in [6, 6.07) is 6.20. The third-order valence-electron chi connectivity index (χ3n) is 5.83. The van der Waals surface area contributed by atoms with E-state index in [4.69, 9.17) is 4.74 Å². The van der Waals surface area contributed by atoms with Crippen LogP contribution in [0.15, 0.2) is 36.8 Å². The van der Waals surface area contributed by atoms with Gasteiger partial charge in [0.1, 0.15) is 5.65 Å². The predicted molar refractivity (Wildman–Crippen MR) is 104 cm³/mol. The minimum absolute atomic E-state index is 0.0944. The molecule has 27 heavy (non-hydrogen) atoms. The average Bonchev–Trinajstić information content (AvgIpc) is 3.26. The van der Waals surface area contributed by atoms with E-state index in [0.717, 1.165) is 66.1 Å². The van der Waals surface area contributed by atoms with Gasteiger partial charge in [0.2, 0.25) is 5.91 Å². The van der Waals surface area contributed by atoms with E-state index in [9.17, 15) is 4.79 Å². The van der Waals surface area contributed by atoms with E-state index in [2.05, 4.69) is 34.0 Å². The predicted octanol–water partition coefficient (Wildman–Crippen LogP) is 3.33. The van der Waals surface area contributed by atoms with E-state index in [1.54, 1.807) is 0 Å². The molecule has 0 bridgehead atoms. The second kappa shape index (κ2) is 6.16. The number of aromatic nitrogens is 3. The largest absolute Gasteiger partial charge is 0.381 e. The minimum Gasteiger partial charge on any atom is -0.381 e.